The summed E-state index contributed by atoms with van der Waals surface area (Å²) in [6.45, 7) is 3.04. The lowest BCUT2D eigenvalue weighted by atomic mass is 10.2. The van der Waals surface area contributed by atoms with Crippen molar-refractivity contribution >= 4 is 33.0 Å². The maximum atomic E-state index is 12.1. The van der Waals surface area contributed by atoms with Crippen molar-refractivity contribution in [3.8, 4) is 0 Å². The van der Waals surface area contributed by atoms with Gasteiger partial charge in [0.05, 0.1) is 17.1 Å². The molecule has 0 bridgehead atoms. The van der Waals surface area contributed by atoms with Gasteiger partial charge in [-0.05, 0) is 53.5 Å². The number of carbonyl (C=O) groups is 1. The molecule has 0 fully saturated rings. The van der Waals surface area contributed by atoms with E-state index in [1.165, 1.54) is 11.3 Å². The van der Waals surface area contributed by atoms with Crippen molar-refractivity contribution in [3.63, 3.8) is 0 Å². The van der Waals surface area contributed by atoms with E-state index < -0.39 is 0 Å². The Labute approximate surface area is 125 Å². The topological polar surface area (TPSA) is 33.2 Å². The Kier molecular flexibility index (Phi) is 4.85. The molecule has 3 nitrogen and oxygen atoms in total. The molecule has 0 amide bonds. The van der Waals surface area contributed by atoms with Crippen LogP contribution < -0.4 is 0 Å². The minimum absolute atomic E-state index is 0.136. The van der Waals surface area contributed by atoms with Crippen LogP contribution in [0.25, 0.3) is 0 Å². The zero-order valence-electron chi connectivity index (χ0n) is 10.9. The van der Waals surface area contributed by atoms with E-state index in [1.807, 2.05) is 48.5 Å². The third-order valence-electron chi connectivity index (χ3n) is 2.66. The summed E-state index contributed by atoms with van der Waals surface area (Å²) in [7, 11) is 1.93. The second-order valence-corrected chi connectivity index (χ2v) is 6.23. The molecule has 0 unspecified atom stereocenters. The number of halogens is 1. The first-order valence-corrected chi connectivity index (χ1v) is 7.61. The van der Waals surface area contributed by atoms with Crippen molar-refractivity contribution in [2.75, 3.05) is 13.6 Å². The molecule has 19 heavy (non-hydrogen) atoms. The summed E-state index contributed by atoms with van der Waals surface area (Å²) in [5, 5.41) is 1.92. The number of Topliss-reactive ketones (excluding diaryl/α,β-unsaturated/α-hetero) is 1. The highest BCUT2D eigenvalue weighted by molar-refractivity contribution is 9.10. The number of pyridine rings is 1. The van der Waals surface area contributed by atoms with Gasteiger partial charge in [-0.2, -0.15) is 0 Å². The molecular formula is C14H15BrN2OS. The van der Waals surface area contributed by atoms with E-state index in [9.17, 15) is 4.79 Å². The van der Waals surface area contributed by atoms with Crippen molar-refractivity contribution in [1.29, 1.82) is 0 Å². The number of thiophene rings is 1. The van der Waals surface area contributed by atoms with Gasteiger partial charge in [0, 0.05) is 16.7 Å². The van der Waals surface area contributed by atoms with Crippen molar-refractivity contribution < 1.29 is 4.79 Å². The van der Waals surface area contributed by atoms with E-state index in [0.717, 1.165) is 20.7 Å². The van der Waals surface area contributed by atoms with Crippen LogP contribution in [0.2, 0.25) is 0 Å². The first-order valence-electron chi connectivity index (χ1n) is 5.93. The Balaban J connectivity index is 1.96. The van der Waals surface area contributed by atoms with Gasteiger partial charge in [0.2, 0.25) is 0 Å². The van der Waals surface area contributed by atoms with Gasteiger partial charge in [-0.3, -0.25) is 14.7 Å². The molecule has 0 aliphatic heterocycles. The van der Waals surface area contributed by atoms with Crippen LogP contribution in [-0.4, -0.2) is 29.3 Å². The van der Waals surface area contributed by atoms with Crippen LogP contribution in [0.1, 0.15) is 21.1 Å². The summed E-state index contributed by atoms with van der Waals surface area (Å²) in [6.07, 6.45) is 0. The van der Waals surface area contributed by atoms with Gasteiger partial charge in [-0.1, -0.05) is 6.07 Å². The molecule has 0 radical (unpaired) electrons. The number of nitrogens with zero attached hydrogens (tertiary/aromatic N) is 2. The molecule has 0 atom stereocenters. The normalized spacial score (nSPS) is 10.9. The standard InChI is InChI=1S/C14H15BrN2OS/c1-10-4-3-5-11(16-10)8-17(2)9-13(18)14-12(15)6-7-19-14/h3-7H,8-9H2,1-2H3. The molecule has 0 aliphatic carbocycles. The number of carbonyl (C=O) groups excluding carboxylic acids is 1. The minimum atomic E-state index is 0.136. The highest BCUT2D eigenvalue weighted by Gasteiger charge is 2.14. The van der Waals surface area contributed by atoms with Gasteiger partial charge in [0.1, 0.15) is 0 Å². The van der Waals surface area contributed by atoms with Crippen molar-refractivity contribution in [1.82, 2.24) is 9.88 Å². The van der Waals surface area contributed by atoms with Crippen molar-refractivity contribution in [2.45, 2.75) is 13.5 Å². The predicted octanol–water partition coefficient (Wildman–Crippen LogP) is 3.53. The van der Waals surface area contributed by atoms with Crippen LogP contribution in [0, 0.1) is 6.92 Å². The summed E-state index contributed by atoms with van der Waals surface area (Å²) in [4.78, 5) is 19.3. The largest absolute Gasteiger partial charge is 0.293 e. The molecule has 0 aromatic carbocycles. The summed E-state index contributed by atoms with van der Waals surface area (Å²) in [6, 6.07) is 7.84. The monoisotopic (exact) mass is 338 g/mol. The Bertz CT molecular complexity index is 582. The third kappa shape index (κ3) is 3.96. The van der Waals surface area contributed by atoms with Crippen LogP contribution in [-0.2, 0) is 6.54 Å². The first kappa shape index (κ1) is 14.4. The van der Waals surface area contributed by atoms with Crippen LogP contribution in [0.3, 0.4) is 0 Å². The maximum Gasteiger partial charge on any atom is 0.187 e. The molecule has 2 aromatic rings. The second kappa shape index (κ2) is 6.41. The van der Waals surface area contributed by atoms with E-state index in [2.05, 4.69) is 20.9 Å². The molecule has 5 heteroatoms. The fourth-order valence-corrected chi connectivity index (χ4v) is 3.36. The Morgan fingerprint density at radius 3 is 2.84 bits per heavy atom. The summed E-state index contributed by atoms with van der Waals surface area (Å²) < 4.78 is 0.879. The molecular weight excluding hydrogens is 324 g/mol. The van der Waals surface area contributed by atoms with E-state index in [0.29, 0.717) is 13.1 Å². The molecule has 0 saturated heterocycles. The van der Waals surface area contributed by atoms with E-state index in [4.69, 9.17) is 0 Å². The molecule has 0 saturated carbocycles. The van der Waals surface area contributed by atoms with Crippen molar-refractivity contribution in [2.24, 2.45) is 0 Å². The van der Waals surface area contributed by atoms with Crippen molar-refractivity contribution in [3.05, 3.63) is 50.4 Å². The lowest BCUT2D eigenvalue weighted by Crippen LogP contribution is -2.25. The predicted molar refractivity (Wildman–Crippen MR) is 81.7 cm³/mol. The zero-order valence-corrected chi connectivity index (χ0v) is 13.3. The van der Waals surface area contributed by atoms with Crippen LogP contribution in [0.5, 0.6) is 0 Å². The van der Waals surface area contributed by atoms with Crippen LogP contribution in [0.15, 0.2) is 34.1 Å². The first-order chi connectivity index (χ1) is 9.06. The molecule has 0 N–H and O–H groups in total. The summed E-state index contributed by atoms with van der Waals surface area (Å²) in [5.74, 6) is 0.136. The number of hydrogen-bond donors (Lipinski definition) is 0. The summed E-state index contributed by atoms with van der Waals surface area (Å²) >= 11 is 4.86. The molecule has 0 spiro atoms. The number of hydrogen-bond acceptors (Lipinski definition) is 4. The lowest BCUT2D eigenvalue weighted by Gasteiger charge is -2.15. The van der Waals surface area contributed by atoms with Gasteiger partial charge >= 0.3 is 0 Å². The number of rotatable bonds is 5. The average molecular weight is 339 g/mol. The molecule has 100 valence electrons. The highest BCUT2D eigenvalue weighted by atomic mass is 79.9. The third-order valence-corrected chi connectivity index (χ3v) is 4.54. The SMILES string of the molecule is Cc1cccc(CN(C)CC(=O)c2sccc2Br)n1. The Morgan fingerprint density at radius 1 is 1.42 bits per heavy atom. The fraction of sp³-hybridized carbons (Fsp3) is 0.286. The maximum absolute atomic E-state index is 12.1. The number of aromatic nitrogens is 1. The van der Waals surface area contributed by atoms with Crippen LogP contribution in [0.4, 0.5) is 0 Å². The molecule has 2 heterocycles. The molecule has 0 aliphatic rings. The lowest BCUT2D eigenvalue weighted by molar-refractivity contribution is 0.0946. The highest BCUT2D eigenvalue weighted by Crippen LogP contribution is 2.23. The molecule has 2 aromatic heterocycles. The summed E-state index contributed by atoms with van der Waals surface area (Å²) in [5.41, 5.74) is 1.98. The van der Waals surface area contributed by atoms with Gasteiger partial charge < -0.3 is 0 Å². The van der Waals surface area contributed by atoms with Gasteiger partial charge in [0.15, 0.2) is 5.78 Å². The fourth-order valence-electron chi connectivity index (χ4n) is 1.83. The van der Waals surface area contributed by atoms with Gasteiger partial charge in [0.25, 0.3) is 0 Å². The van der Waals surface area contributed by atoms with E-state index >= 15 is 0 Å². The number of aryl methyl sites for hydroxylation is 1. The van der Waals surface area contributed by atoms with Crippen LogP contribution >= 0.6 is 27.3 Å². The average Bonchev–Trinajstić information content (AvgIpc) is 2.75. The smallest absolute Gasteiger partial charge is 0.187 e. The molecule has 2 rings (SSSR count). The van der Waals surface area contributed by atoms with Gasteiger partial charge in [-0.15, -0.1) is 11.3 Å². The quantitative estimate of drug-likeness (QED) is 0.782. The van der Waals surface area contributed by atoms with E-state index in [-0.39, 0.29) is 5.78 Å². The second-order valence-electron chi connectivity index (χ2n) is 4.46. The Morgan fingerprint density at radius 2 is 2.21 bits per heavy atom. The number of likely N-dealkylation sites (N-methyl/N-ethyl adjacent to an activating group) is 1. The Hall–Kier alpha value is -1.04. The minimum Gasteiger partial charge on any atom is -0.293 e. The van der Waals surface area contributed by atoms with Gasteiger partial charge in [-0.25, -0.2) is 0 Å². The number of ketones is 1. The van der Waals surface area contributed by atoms with E-state index in [1.54, 1.807) is 0 Å². The zero-order chi connectivity index (χ0) is 13.8.